The number of benzene rings is 3. The summed E-state index contributed by atoms with van der Waals surface area (Å²) in [6.45, 7) is 5.84. The molecule has 4 aromatic rings. The Morgan fingerprint density at radius 3 is 2.48 bits per heavy atom. The molecule has 1 aliphatic rings. The Bertz CT molecular complexity index is 1570. The van der Waals surface area contributed by atoms with Crippen LogP contribution in [0.5, 0.6) is 0 Å². The van der Waals surface area contributed by atoms with Crippen molar-refractivity contribution < 1.29 is 17.7 Å². The molecule has 5 rings (SSSR count). The predicted octanol–water partition coefficient (Wildman–Crippen LogP) is 7.31. The first-order valence-corrected chi connectivity index (χ1v) is 16.4. The average Bonchev–Trinajstić information content (AvgIpc) is 2.97. The maximum atomic E-state index is 13.8. The highest BCUT2D eigenvalue weighted by molar-refractivity contribution is 7.70. The molecule has 1 aliphatic heterocycles. The van der Waals surface area contributed by atoms with E-state index in [1.54, 1.807) is 37.6 Å². The highest BCUT2D eigenvalue weighted by atomic mass is 31.2. The number of alkyl halides is 3. The van der Waals surface area contributed by atoms with Crippen LogP contribution in [-0.4, -0.2) is 36.4 Å². The summed E-state index contributed by atoms with van der Waals surface area (Å²) in [6.07, 6.45) is -1.56. The number of nitrogens with one attached hydrogen (secondary N) is 4. The number of hydrogen-bond donors (Lipinski definition) is 4. The van der Waals surface area contributed by atoms with Crippen molar-refractivity contribution >= 4 is 41.3 Å². The van der Waals surface area contributed by atoms with Crippen LogP contribution in [0.1, 0.15) is 35.4 Å². The van der Waals surface area contributed by atoms with Gasteiger partial charge in [-0.2, -0.15) is 18.2 Å². The van der Waals surface area contributed by atoms with E-state index >= 15 is 0 Å². The lowest BCUT2D eigenvalue weighted by atomic mass is 9.91. The fourth-order valence-corrected chi connectivity index (χ4v) is 6.15. The van der Waals surface area contributed by atoms with Crippen molar-refractivity contribution in [2.75, 3.05) is 42.4 Å². The lowest BCUT2D eigenvalue weighted by Crippen LogP contribution is -2.28. The normalized spacial score (nSPS) is 15.7. The van der Waals surface area contributed by atoms with Crippen LogP contribution in [0.3, 0.4) is 0 Å². The van der Waals surface area contributed by atoms with Gasteiger partial charge in [0.1, 0.15) is 18.5 Å². The minimum Gasteiger partial charge on any atom is -0.381 e. The Labute approximate surface area is 243 Å². The van der Waals surface area contributed by atoms with Crippen LogP contribution in [0.4, 0.5) is 42.0 Å². The van der Waals surface area contributed by atoms with Gasteiger partial charge in [-0.3, -0.25) is 0 Å². The summed E-state index contributed by atoms with van der Waals surface area (Å²) in [7, 11) is -2.77. The van der Waals surface area contributed by atoms with Gasteiger partial charge in [-0.1, -0.05) is 36.4 Å². The third-order valence-corrected chi connectivity index (χ3v) is 8.74. The number of piperidine rings is 1. The summed E-state index contributed by atoms with van der Waals surface area (Å²) < 4.78 is 54.1. The maximum Gasteiger partial charge on any atom is 0.421 e. The number of halogens is 3. The summed E-state index contributed by atoms with van der Waals surface area (Å²) in [5.74, 6) is 0.107. The molecule has 3 aromatic carbocycles. The largest absolute Gasteiger partial charge is 0.421 e. The molecule has 7 nitrogen and oxygen atoms in total. The number of anilines is 5. The topological polar surface area (TPSA) is 91.0 Å². The highest BCUT2D eigenvalue weighted by Gasteiger charge is 2.35. The number of rotatable bonds is 9. The minimum atomic E-state index is -4.68. The van der Waals surface area contributed by atoms with Crippen molar-refractivity contribution in [3.63, 3.8) is 0 Å². The van der Waals surface area contributed by atoms with E-state index in [9.17, 15) is 17.7 Å². The standard InChI is InChI=1S/C31H34F3N6OP/c1-42(2,41)28-11-4-3-10-27(28)39-29-26(31(32,33)34)20-37-30(40-29)38-24-14-12-21(13-15-24)18-36-25-9-5-7-22(17-25)23-8-6-16-35-19-23/h3-5,7,9-15,17,20,23,35-36H,6,8,16,18-19H2,1-2H3,(H2,37,38,39,40). The van der Waals surface area contributed by atoms with E-state index in [-0.39, 0.29) is 5.95 Å². The molecule has 0 saturated carbocycles. The zero-order chi connectivity index (χ0) is 29.7. The van der Waals surface area contributed by atoms with Gasteiger partial charge in [0.2, 0.25) is 5.95 Å². The van der Waals surface area contributed by atoms with Crippen LogP contribution in [0.25, 0.3) is 0 Å². The van der Waals surface area contributed by atoms with E-state index in [1.807, 2.05) is 24.3 Å². The van der Waals surface area contributed by atoms with Gasteiger partial charge in [0.25, 0.3) is 0 Å². The Balaban J connectivity index is 1.28. The molecule has 1 aromatic heterocycles. The Morgan fingerprint density at radius 1 is 0.976 bits per heavy atom. The van der Waals surface area contributed by atoms with E-state index in [1.165, 1.54) is 18.4 Å². The molecule has 0 amide bonds. The molecule has 220 valence electrons. The van der Waals surface area contributed by atoms with Gasteiger partial charge in [-0.15, -0.1) is 0 Å². The number of aromatic nitrogens is 2. The molecule has 1 fully saturated rings. The molecule has 2 heterocycles. The van der Waals surface area contributed by atoms with Crippen molar-refractivity contribution in [2.24, 2.45) is 0 Å². The zero-order valence-electron chi connectivity index (χ0n) is 23.5. The van der Waals surface area contributed by atoms with Crippen LogP contribution in [0.2, 0.25) is 0 Å². The molecular weight excluding hydrogens is 560 g/mol. The van der Waals surface area contributed by atoms with Crippen molar-refractivity contribution in [1.82, 2.24) is 15.3 Å². The molecule has 42 heavy (non-hydrogen) atoms. The smallest absolute Gasteiger partial charge is 0.381 e. The molecule has 0 bridgehead atoms. The zero-order valence-corrected chi connectivity index (χ0v) is 24.4. The van der Waals surface area contributed by atoms with Gasteiger partial charge in [-0.05, 0) is 86.2 Å². The monoisotopic (exact) mass is 594 g/mol. The van der Waals surface area contributed by atoms with Crippen molar-refractivity contribution in [3.05, 3.63) is 95.7 Å². The number of para-hydroxylation sites is 1. The van der Waals surface area contributed by atoms with E-state index in [2.05, 4.69) is 55.5 Å². The highest BCUT2D eigenvalue weighted by Crippen LogP contribution is 2.40. The SMILES string of the molecule is CP(C)(=O)c1ccccc1Nc1nc(Nc2ccc(CNc3cccc(C4CCCNC4)c3)cc2)ncc1C(F)(F)F. The molecule has 1 atom stereocenters. The lowest BCUT2D eigenvalue weighted by molar-refractivity contribution is -0.137. The lowest BCUT2D eigenvalue weighted by Gasteiger charge is -2.23. The quantitative estimate of drug-likeness (QED) is 0.151. The number of hydrogen-bond acceptors (Lipinski definition) is 7. The second-order valence-corrected chi connectivity index (χ2v) is 14.0. The van der Waals surface area contributed by atoms with E-state index in [4.69, 9.17) is 0 Å². The van der Waals surface area contributed by atoms with E-state index in [0.29, 0.717) is 29.1 Å². The van der Waals surface area contributed by atoms with Crippen LogP contribution in [0.15, 0.2) is 79.0 Å². The third kappa shape index (κ3) is 7.49. The van der Waals surface area contributed by atoms with Gasteiger partial charge < -0.3 is 25.8 Å². The third-order valence-electron chi connectivity index (χ3n) is 7.19. The van der Waals surface area contributed by atoms with Gasteiger partial charge in [0.15, 0.2) is 0 Å². The van der Waals surface area contributed by atoms with Crippen LogP contribution < -0.4 is 26.6 Å². The summed E-state index contributed by atoms with van der Waals surface area (Å²) in [5.41, 5.74) is 3.35. The first kappa shape index (κ1) is 29.6. The average molecular weight is 595 g/mol. The minimum absolute atomic E-state index is 0.000877. The maximum absolute atomic E-state index is 13.8. The van der Waals surface area contributed by atoms with Gasteiger partial charge >= 0.3 is 6.18 Å². The van der Waals surface area contributed by atoms with Gasteiger partial charge in [-0.25, -0.2) is 4.98 Å². The first-order valence-electron chi connectivity index (χ1n) is 13.8. The second-order valence-electron chi connectivity index (χ2n) is 10.8. The van der Waals surface area contributed by atoms with Crippen molar-refractivity contribution in [2.45, 2.75) is 31.5 Å². The Hall–Kier alpha value is -3.88. The number of nitrogens with zero attached hydrogens (tertiary/aromatic N) is 2. The van der Waals surface area contributed by atoms with Crippen molar-refractivity contribution in [1.29, 1.82) is 0 Å². The summed E-state index contributed by atoms with van der Waals surface area (Å²) in [4.78, 5) is 8.04. The molecule has 4 N–H and O–H groups in total. The molecule has 0 radical (unpaired) electrons. The fourth-order valence-electron chi connectivity index (χ4n) is 5.00. The Kier molecular flexibility index (Phi) is 8.85. The van der Waals surface area contributed by atoms with Gasteiger partial charge in [0, 0.05) is 36.0 Å². The van der Waals surface area contributed by atoms with E-state index in [0.717, 1.165) is 30.5 Å². The summed E-state index contributed by atoms with van der Waals surface area (Å²) in [6, 6.07) is 22.6. The van der Waals surface area contributed by atoms with Gasteiger partial charge in [0.05, 0.1) is 5.69 Å². The first-order chi connectivity index (χ1) is 20.1. The van der Waals surface area contributed by atoms with Crippen LogP contribution >= 0.6 is 7.14 Å². The molecular formula is C31H34F3N6OP. The second kappa shape index (κ2) is 12.5. The summed E-state index contributed by atoms with van der Waals surface area (Å²) >= 11 is 0. The van der Waals surface area contributed by atoms with Crippen molar-refractivity contribution in [3.8, 4) is 0 Å². The van der Waals surface area contributed by atoms with Crippen LogP contribution in [0, 0.1) is 0 Å². The fraction of sp³-hybridized carbons (Fsp3) is 0.290. The molecule has 11 heteroatoms. The van der Waals surface area contributed by atoms with Crippen LogP contribution in [-0.2, 0) is 17.3 Å². The molecule has 1 saturated heterocycles. The predicted molar refractivity (Wildman–Crippen MR) is 164 cm³/mol. The Morgan fingerprint density at radius 2 is 1.76 bits per heavy atom. The summed E-state index contributed by atoms with van der Waals surface area (Å²) in [5, 5.41) is 13.1. The van der Waals surface area contributed by atoms with E-state index < -0.39 is 24.7 Å². The molecule has 0 aliphatic carbocycles. The molecule has 0 spiro atoms. The molecule has 1 unspecified atom stereocenters.